The fourth-order valence-corrected chi connectivity index (χ4v) is 1.58. The smallest absolute Gasteiger partial charge is 0.307 e. The lowest BCUT2D eigenvalue weighted by Crippen LogP contribution is -2.34. The molecule has 23 heavy (non-hydrogen) atoms. The SMILES string of the molecule is CC(=O)OCCN(CCOC(C)=O)CCC(=O)OCCC=C=O. The molecular weight excluding hydrogens is 306 g/mol. The molecule has 0 rings (SSSR count). The monoisotopic (exact) mass is 329 g/mol. The van der Waals surface area contributed by atoms with Crippen LogP contribution in [0.3, 0.4) is 0 Å². The van der Waals surface area contributed by atoms with Crippen LogP contribution >= 0.6 is 0 Å². The highest BCUT2D eigenvalue weighted by Gasteiger charge is 2.10. The van der Waals surface area contributed by atoms with Crippen molar-refractivity contribution in [2.45, 2.75) is 26.7 Å². The first kappa shape index (κ1) is 20.8. The summed E-state index contributed by atoms with van der Waals surface area (Å²) in [5.74, 6) is 0.441. The maximum Gasteiger partial charge on any atom is 0.307 e. The number of ether oxygens (including phenoxy) is 3. The molecule has 8 heteroatoms. The normalized spacial score (nSPS) is 9.87. The Labute approximate surface area is 135 Å². The van der Waals surface area contributed by atoms with Gasteiger partial charge in [0.05, 0.1) is 13.0 Å². The maximum atomic E-state index is 11.5. The summed E-state index contributed by atoms with van der Waals surface area (Å²) < 4.78 is 14.6. The largest absolute Gasteiger partial charge is 0.465 e. The molecule has 0 aromatic heterocycles. The molecule has 0 radical (unpaired) electrons. The second-order valence-electron chi connectivity index (χ2n) is 4.60. The molecule has 0 saturated heterocycles. The average Bonchev–Trinajstić information content (AvgIpc) is 2.48. The van der Waals surface area contributed by atoms with Gasteiger partial charge in [-0.25, -0.2) is 4.79 Å². The number of rotatable bonds is 12. The second-order valence-corrected chi connectivity index (χ2v) is 4.60. The first-order valence-electron chi connectivity index (χ1n) is 7.29. The van der Waals surface area contributed by atoms with Gasteiger partial charge < -0.3 is 14.2 Å². The van der Waals surface area contributed by atoms with Crippen molar-refractivity contribution < 1.29 is 33.4 Å². The molecule has 0 aliphatic carbocycles. The highest BCUT2D eigenvalue weighted by Crippen LogP contribution is 1.97. The van der Waals surface area contributed by atoms with Crippen molar-refractivity contribution in [3.63, 3.8) is 0 Å². The van der Waals surface area contributed by atoms with Crippen LogP contribution in [0.15, 0.2) is 6.08 Å². The third-order valence-electron chi connectivity index (χ3n) is 2.67. The van der Waals surface area contributed by atoms with Gasteiger partial charge in [-0.3, -0.25) is 19.3 Å². The lowest BCUT2D eigenvalue weighted by atomic mass is 10.3. The molecule has 0 N–H and O–H groups in total. The first-order chi connectivity index (χ1) is 11.0. The van der Waals surface area contributed by atoms with Gasteiger partial charge in [-0.1, -0.05) is 0 Å². The van der Waals surface area contributed by atoms with E-state index in [0.29, 0.717) is 26.1 Å². The molecule has 8 nitrogen and oxygen atoms in total. The van der Waals surface area contributed by atoms with Gasteiger partial charge in [-0.2, -0.15) is 0 Å². The fourth-order valence-electron chi connectivity index (χ4n) is 1.58. The highest BCUT2D eigenvalue weighted by atomic mass is 16.5. The highest BCUT2D eigenvalue weighted by molar-refractivity contribution is 5.69. The first-order valence-corrected chi connectivity index (χ1v) is 7.29. The molecule has 0 atom stereocenters. The summed E-state index contributed by atoms with van der Waals surface area (Å²) in [6.07, 6.45) is 1.72. The van der Waals surface area contributed by atoms with Crippen LogP contribution in [0.4, 0.5) is 0 Å². The lowest BCUT2D eigenvalue weighted by molar-refractivity contribution is -0.145. The molecule has 0 saturated carbocycles. The molecule has 0 aliphatic rings. The standard InChI is InChI=1S/C15H23NO7/c1-13(18)21-11-7-16(8-12-22-14(2)19)6-5-15(20)23-10-4-3-9-17/h3H,4-8,10-12H2,1-2H3. The summed E-state index contributed by atoms with van der Waals surface area (Å²) in [4.78, 5) is 44.8. The Morgan fingerprint density at radius 2 is 1.48 bits per heavy atom. The van der Waals surface area contributed by atoms with Gasteiger partial charge in [0.1, 0.15) is 19.2 Å². The quantitative estimate of drug-likeness (QED) is 0.215. The maximum absolute atomic E-state index is 11.5. The van der Waals surface area contributed by atoms with Crippen LogP contribution in [0.2, 0.25) is 0 Å². The minimum absolute atomic E-state index is 0.134. The molecule has 0 bridgehead atoms. The molecule has 0 aliphatic heterocycles. The van der Waals surface area contributed by atoms with E-state index >= 15 is 0 Å². The van der Waals surface area contributed by atoms with Crippen molar-refractivity contribution in [3.05, 3.63) is 6.08 Å². The van der Waals surface area contributed by atoms with E-state index in [1.54, 1.807) is 5.94 Å². The Balaban J connectivity index is 4.10. The number of hydrogen-bond acceptors (Lipinski definition) is 8. The molecule has 0 aromatic carbocycles. The zero-order valence-corrected chi connectivity index (χ0v) is 13.5. The molecule has 0 aromatic rings. The second kappa shape index (κ2) is 13.5. The van der Waals surface area contributed by atoms with E-state index in [0.717, 1.165) is 0 Å². The Morgan fingerprint density at radius 1 is 0.913 bits per heavy atom. The van der Waals surface area contributed by atoms with Crippen molar-refractivity contribution in [2.24, 2.45) is 0 Å². The van der Waals surface area contributed by atoms with Crippen LogP contribution in [0, 0.1) is 0 Å². The summed E-state index contributed by atoms with van der Waals surface area (Å²) >= 11 is 0. The zero-order chi connectivity index (χ0) is 17.5. The Kier molecular flexibility index (Phi) is 12.2. The predicted molar refractivity (Wildman–Crippen MR) is 80.2 cm³/mol. The van der Waals surface area contributed by atoms with Gasteiger partial charge in [0.25, 0.3) is 0 Å². The average molecular weight is 329 g/mol. The van der Waals surface area contributed by atoms with E-state index < -0.39 is 5.97 Å². The van der Waals surface area contributed by atoms with Crippen molar-refractivity contribution in [1.82, 2.24) is 4.90 Å². The van der Waals surface area contributed by atoms with Gasteiger partial charge in [0, 0.05) is 46.0 Å². The molecule has 130 valence electrons. The minimum atomic E-state index is -0.394. The molecule has 0 spiro atoms. The number of nitrogens with zero attached hydrogens (tertiary/aromatic N) is 1. The Bertz CT molecular complexity index is 410. The Morgan fingerprint density at radius 3 is 1.96 bits per heavy atom. The number of carbonyl (C=O) groups excluding carboxylic acids is 4. The van der Waals surface area contributed by atoms with Crippen molar-refractivity contribution in [2.75, 3.05) is 39.5 Å². The van der Waals surface area contributed by atoms with Gasteiger partial charge in [-0.05, 0) is 0 Å². The van der Waals surface area contributed by atoms with Gasteiger partial charge in [-0.15, -0.1) is 0 Å². The van der Waals surface area contributed by atoms with Crippen molar-refractivity contribution in [3.8, 4) is 0 Å². The van der Waals surface area contributed by atoms with Gasteiger partial charge in [0.2, 0.25) is 0 Å². The Hall–Kier alpha value is -2.18. The third kappa shape index (κ3) is 14.5. The molecular formula is C15H23NO7. The van der Waals surface area contributed by atoms with E-state index in [1.807, 2.05) is 4.90 Å². The van der Waals surface area contributed by atoms with E-state index in [2.05, 4.69) is 0 Å². The third-order valence-corrected chi connectivity index (χ3v) is 2.67. The predicted octanol–water partition coefficient (Wildman–Crippen LogP) is 0.126. The minimum Gasteiger partial charge on any atom is -0.465 e. The van der Waals surface area contributed by atoms with E-state index in [9.17, 15) is 19.2 Å². The van der Waals surface area contributed by atoms with Crippen molar-refractivity contribution in [1.29, 1.82) is 0 Å². The van der Waals surface area contributed by atoms with Crippen LogP contribution < -0.4 is 0 Å². The van der Waals surface area contributed by atoms with Crippen LogP contribution in [-0.2, 0) is 33.4 Å². The lowest BCUT2D eigenvalue weighted by Gasteiger charge is -2.21. The summed E-state index contributed by atoms with van der Waals surface area (Å²) in [6.45, 7) is 4.36. The van der Waals surface area contributed by atoms with Crippen LogP contribution in [0.25, 0.3) is 0 Å². The van der Waals surface area contributed by atoms with Gasteiger partial charge >= 0.3 is 17.9 Å². The summed E-state index contributed by atoms with van der Waals surface area (Å²) in [7, 11) is 0. The topological polar surface area (TPSA) is 99.2 Å². The summed E-state index contributed by atoms with van der Waals surface area (Å²) in [6, 6.07) is 0. The number of hydrogen-bond donors (Lipinski definition) is 0. The van der Waals surface area contributed by atoms with E-state index in [-0.39, 0.29) is 38.2 Å². The van der Waals surface area contributed by atoms with Crippen molar-refractivity contribution >= 4 is 23.8 Å². The van der Waals surface area contributed by atoms with E-state index in [1.165, 1.54) is 19.9 Å². The van der Waals surface area contributed by atoms with Crippen LogP contribution in [0.1, 0.15) is 26.7 Å². The van der Waals surface area contributed by atoms with E-state index in [4.69, 9.17) is 14.2 Å². The zero-order valence-electron chi connectivity index (χ0n) is 13.5. The fraction of sp³-hybridized carbons (Fsp3) is 0.667. The van der Waals surface area contributed by atoms with Crippen LogP contribution in [-0.4, -0.2) is 68.2 Å². The number of carbonyl (C=O) groups is 3. The molecule has 0 amide bonds. The molecule has 0 heterocycles. The van der Waals surface area contributed by atoms with Crippen LogP contribution in [0.5, 0.6) is 0 Å². The molecule has 0 fully saturated rings. The number of esters is 3. The molecule has 0 unspecified atom stereocenters. The van der Waals surface area contributed by atoms with Gasteiger partial charge in [0.15, 0.2) is 0 Å². The summed E-state index contributed by atoms with van der Waals surface area (Å²) in [5, 5.41) is 0. The summed E-state index contributed by atoms with van der Waals surface area (Å²) in [5.41, 5.74) is 0.